The van der Waals surface area contributed by atoms with Gasteiger partial charge in [0.25, 0.3) is 0 Å². The molecule has 2 aromatic rings. The maximum absolute atomic E-state index is 11.0. The van der Waals surface area contributed by atoms with E-state index in [1.165, 1.54) is 6.39 Å². The Morgan fingerprint density at radius 1 is 1.47 bits per heavy atom. The number of carboxylic acids is 1. The molecule has 1 N–H and O–H groups in total. The number of hydrogen-bond acceptors (Lipinski definition) is 3. The van der Waals surface area contributed by atoms with Gasteiger partial charge in [0.2, 0.25) is 0 Å². The van der Waals surface area contributed by atoms with Gasteiger partial charge in [0.1, 0.15) is 0 Å². The maximum atomic E-state index is 11.0. The summed E-state index contributed by atoms with van der Waals surface area (Å²) >= 11 is 0. The summed E-state index contributed by atoms with van der Waals surface area (Å²) in [5, 5.41) is 9.03. The highest BCUT2D eigenvalue weighted by molar-refractivity contribution is 5.89. The van der Waals surface area contributed by atoms with Crippen molar-refractivity contribution in [1.82, 2.24) is 4.98 Å². The fourth-order valence-corrected chi connectivity index (χ4v) is 1.60. The van der Waals surface area contributed by atoms with Crippen molar-refractivity contribution in [3.05, 3.63) is 54.6 Å². The normalized spacial score (nSPS) is 10.1. The predicted molar refractivity (Wildman–Crippen MR) is 62.8 cm³/mol. The zero-order valence-corrected chi connectivity index (χ0v) is 9.09. The average Bonchev–Trinajstić information content (AvgIpc) is 2.82. The van der Waals surface area contributed by atoms with E-state index in [9.17, 15) is 4.79 Å². The fraction of sp³-hybridized carbons (Fsp3) is 0.0769. The summed E-state index contributed by atoms with van der Waals surface area (Å²) in [7, 11) is 0. The smallest absolute Gasteiger partial charge is 0.335 e. The SMILES string of the molecule is C=CCc1cc(C(=O)O)cc(-c2cnco2)c1. The number of carboxylic acid groups (broad SMARTS) is 1. The minimum atomic E-state index is -0.961. The van der Waals surface area contributed by atoms with Crippen molar-refractivity contribution >= 4 is 5.97 Å². The summed E-state index contributed by atoms with van der Waals surface area (Å²) in [5.41, 5.74) is 1.82. The minimum absolute atomic E-state index is 0.232. The highest BCUT2D eigenvalue weighted by Crippen LogP contribution is 2.22. The monoisotopic (exact) mass is 229 g/mol. The summed E-state index contributed by atoms with van der Waals surface area (Å²) in [5.74, 6) is -0.407. The number of rotatable bonds is 4. The van der Waals surface area contributed by atoms with Crippen LogP contribution in [-0.2, 0) is 6.42 Å². The molecule has 1 aromatic heterocycles. The van der Waals surface area contributed by atoms with Gasteiger partial charge in [0.05, 0.1) is 11.8 Å². The van der Waals surface area contributed by atoms with Gasteiger partial charge in [-0.25, -0.2) is 9.78 Å². The van der Waals surface area contributed by atoms with E-state index in [-0.39, 0.29) is 5.56 Å². The van der Waals surface area contributed by atoms with E-state index in [2.05, 4.69) is 11.6 Å². The first-order valence-electron chi connectivity index (χ1n) is 5.07. The second kappa shape index (κ2) is 4.65. The van der Waals surface area contributed by atoms with Gasteiger partial charge in [0, 0.05) is 5.56 Å². The van der Waals surface area contributed by atoms with Crippen LogP contribution >= 0.6 is 0 Å². The molecule has 0 unspecified atom stereocenters. The quantitative estimate of drug-likeness (QED) is 0.819. The molecule has 0 aliphatic carbocycles. The maximum Gasteiger partial charge on any atom is 0.335 e. The van der Waals surface area contributed by atoms with E-state index in [4.69, 9.17) is 9.52 Å². The molecule has 0 radical (unpaired) electrons. The van der Waals surface area contributed by atoms with Gasteiger partial charge in [0.15, 0.2) is 12.2 Å². The number of carbonyl (C=O) groups is 1. The fourth-order valence-electron chi connectivity index (χ4n) is 1.60. The molecule has 0 saturated heterocycles. The largest absolute Gasteiger partial charge is 0.478 e. The molecule has 4 nitrogen and oxygen atoms in total. The lowest BCUT2D eigenvalue weighted by atomic mass is 10.0. The van der Waals surface area contributed by atoms with Crippen LogP contribution in [0.3, 0.4) is 0 Å². The summed E-state index contributed by atoms with van der Waals surface area (Å²) in [6.45, 7) is 3.64. The van der Waals surface area contributed by atoms with Crippen LogP contribution in [0.25, 0.3) is 11.3 Å². The third-order valence-electron chi connectivity index (χ3n) is 2.34. The summed E-state index contributed by atoms with van der Waals surface area (Å²) in [6.07, 6.45) is 5.21. The molecule has 0 saturated carbocycles. The third-order valence-corrected chi connectivity index (χ3v) is 2.34. The van der Waals surface area contributed by atoms with Crippen LogP contribution in [0.4, 0.5) is 0 Å². The first kappa shape index (κ1) is 11.1. The van der Waals surface area contributed by atoms with Gasteiger partial charge < -0.3 is 9.52 Å². The molecule has 2 rings (SSSR count). The molecule has 0 aliphatic rings. The van der Waals surface area contributed by atoms with E-state index >= 15 is 0 Å². The van der Waals surface area contributed by atoms with Gasteiger partial charge in [-0.3, -0.25) is 0 Å². The second-order valence-electron chi connectivity index (χ2n) is 3.58. The number of aromatic carboxylic acids is 1. The Bertz CT molecular complexity index is 544. The zero-order valence-electron chi connectivity index (χ0n) is 9.09. The molecule has 1 aromatic carbocycles. The summed E-state index contributed by atoms with van der Waals surface area (Å²) in [6, 6.07) is 5.06. The van der Waals surface area contributed by atoms with Crippen LogP contribution in [0.2, 0.25) is 0 Å². The van der Waals surface area contributed by atoms with Crippen molar-refractivity contribution in [2.75, 3.05) is 0 Å². The van der Waals surface area contributed by atoms with Crippen LogP contribution in [-0.4, -0.2) is 16.1 Å². The highest BCUT2D eigenvalue weighted by Gasteiger charge is 2.09. The summed E-state index contributed by atoms with van der Waals surface area (Å²) in [4.78, 5) is 14.8. The highest BCUT2D eigenvalue weighted by atomic mass is 16.4. The molecule has 4 heteroatoms. The van der Waals surface area contributed by atoms with E-state index in [0.717, 1.165) is 5.56 Å². The van der Waals surface area contributed by atoms with Gasteiger partial charge in [-0.2, -0.15) is 0 Å². The van der Waals surface area contributed by atoms with Crippen molar-refractivity contribution in [2.45, 2.75) is 6.42 Å². The molecule has 0 fully saturated rings. The van der Waals surface area contributed by atoms with Crippen molar-refractivity contribution < 1.29 is 14.3 Å². The van der Waals surface area contributed by atoms with E-state index in [0.29, 0.717) is 17.7 Å². The van der Waals surface area contributed by atoms with Gasteiger partial charge >= 0.3 is 5.97 Å². The Morgan fingerprint density at radius 2 is 2.29 bits per heavy atom. The van der Waals surface area contributed by atoms with Crippen LogP contribution in [0.5, 0.6) is 0 Å². The minimum Gasteiger partial charge on any atom is -0.478 e. The predicted octanol–water partition coefficient (Wildman–Crippen LogP) is 2.77. The Labute approximate surface area is 98.2 Å². The zero-order chi connectivity index (χ0) is 12.3. The lowest BCUT2D eigenvalue weighted by Crippen LogP contribution is -1.98. The van der Waals surface area contributed by atoms with Crippen molar-refractivity contribution in [2.24, 2.45) is 0 Å². The molecular formula is C13H11NO3. The standard InChI is InChI=1S/C13H11NO3/c1-2-3-9-4-10(12-7-14-8-17-12)6-11(5-9)13(15)16/h2,4-8H,1,3H2,(H,15,16). The first-order chi connectivity index (χ1) is 8.20. The third kappa shape index (κ3) is 2.42. The molecule has 1 heterocycles. The number of benzene rings is 1. The number of oxazole rings is 1. The second-order valence-corrected chi connectivity index (χ2v) is 3.58. The molecule has 0 aliphatic heterocycles. The Hall–Kier alpha value is -2.36. The van der Waals surface area contributed by atoms with E-state index < -0.39 is 5.97 Å². The van der Waals surface area contributed by atoms with E-state index in [1.54, 1.807) is 24.4 Å². The first-order valence-corrected chi connectivity index (χ1v) is 5.07. The number of aromatic nitrogens is 1. The topological polar surface area (TPSA) is 63.3 Å². The van der Waals surface area contributed by atoms with Crippen molar-refractivity contribution in [1.29, 1.82) is 0 Å². The average molecular weight is 229 g/mol. The molecule has 0 spiro atoms. The Kier molecular flexibility index (Phi) is 3.05. The molecule has 0 atom stereocenters. The Balaban J connectivity index is 2.51. The molecular weight excluding hydrogens is 218 g/mol. The number of nitrogens with zero attached hydrogens (tertiary/aromatic N) is 1. The van der Waals surface area contributed by atoms with Crippen LogP contribution in [0.1, 0.15) is 15.9 Å². The summed E-state index contributed by atoms with van der Waals surface area (Å²) < 4.78 is 5.16. The van der Waals surface area contributed by atoms with Crippen molar-refractivity contribution in [3.63, 3.8) is 0 Å². The van der Waals surface area contributed by atoms with E-state index in [1.807, 2.05) is 6.07 Å². The van der Waals surface area contributed by atoms with Gasteiger partial charge in [-0.15, -0.1) is 6.58 Å². The van der Waals surface area contributed by atoms with Gasteiger partial charge in [-0.05, 0) is 30.2 Å². The van der Waals surface area contributed by atoms with Crippen LogP contribution in [0.15, 0.2) is 47.9 Å². The molecule has 86 valence electrons. The lowest BCUT2D eigenvalue weighted by Gasteiger charge is -2.04. The van der Waals surface area contributed by atoms with Crippen LogP contribution in [0, 0.1) is 0 Å². The van der Waals surface area contributed by atoms with Crippen LogP contribution < -0.4 is 0 Å². The lowest BCUT2D eigenvalue weighted by molar-refractivity contribution is 0.0697. The van der Waals surface area contributed by atoms with Crippen molar-refractivity contribution in [3.8, 4) is 11.3 Å². The number of hydrogen-bond donors (Lipinski definition) is 1. The molecule has 0 amide bonds. The van der Waals surface area contributed by atoms with Gasteiger partial charge in [-0.1, -0.05) is 6.08 Å². The Morgan fingerprint density at radius 3 is 2.88 bits per heavy atom. The molecule has 0 bridgehead atoms. The molecule has 17 heavy (non-hydrogen) atoms. The number of allylic oxidation sites excluding steroid dienone is 1.